The third kappa shape index (κ3) is 4.63. The number of carbonyl (C=O) groups excluding carboxylic acids is 1. The molecule has 0 spiro atoms. The minimum atomic E-state index is -0.879. The summed E-state index contributed by atoms with van der Waals surface area (Å²) >= 11 is 0. The Labute approximate surface area is 279 Å². The van der Waals surface area contributed by atoms with Crippen molar-refractivity contribution in [1.29, 1.82) is 0 Å². The molecule has 0 saturated heterocycles. The molecule has 7 rings (SSSR count). The largest absolute Gasteiger partial charge is 0.478 e. The normalized spacial score (nSPS) is 40.2. The molecule has 3 unspecified atom stereocenters. The highest BCUT2D eigenvalue weighted by molar-refractivity contribution is 5.88. The van der Waals surface area contributed by atoms with Gasteiger partial charge in [0.15, 0.2) is 0 Å². The number of fused-ring (bicyclic) bond motifs is 7. The van der Waals surface area contributed by atoms with Gasteiger partial charge in [-0.15, -0.1) is 5.10 Å². The van der Waals surface area contributed by atoms with Crippen LogP contribution in [-0.4, -0.2) is 42.7 Å². The van der Waals surface area contributed by atoms with Crippen molar-refractivity contribution in [3.63, 3.8) is 0 Å². The highest BCUT2D eigenvalue weighted by Gasteiger charge is 2.70. The Balaban J connectivity index is 1.20. The summed E-state index contributed by atoms with van der Waals surface area (Å²) in [7, 11) is 0. The van der Waals surface area contributed by atoms with Gasteiger partial charge in [-0.1, -0.05) is 65.0 Å². The molecule has 0 aliphatic heterocycles. The van der Waals surface area contributed by atoms with E-state index in [1.807, 2.05) is 12.1 Å². The minimum absolute atomic E-state index is 0.00538. The molecule has 8 heteroatoms. The Morgan fingerprint density at radius 2 is 1.70 bits per heavy atom. The topological polar surface area (TPSA) is 110 Å². The Hall–Kier alpha value is -3.29. The quantitative estimate of drug-likeness (QED) is 0.315. The zero-order chi connectivity index (χ0) is 33.6. The number of carbonyl (C=O) groups is 2. The lowest BCUT2D eigenvalue weighted by Gasteiger charge is -2.72. The van der Waals surface area contributed by atoms with E-state index >= 15 is 0 Å². The van der Waals surface area contributed by atoms with E-state index in [2.05, 4.69) is 75.0 Å². The van der Waals surface area contributed by atoms with Gasteiger partial charge in [0.1, 0.15) is 12.9 Å². The fourth-order valence-corrected chi connectivity index (χ4v) is 13.0. The molecule has 4 fully saturated rings. The van der Waals surface area contributed by atoms with E-state index in [0.29, 0.717) is 35.2 Å². The fourth-order valence-electron chi connectivity index (χ4n) is 13.0. The molecule has 0 bridgehead atoms. The minimum Gasteiger partial charge on any atom is -0.478 e. The first-order valence-corrected chi connectivity index (χ1v) is 17.9. The van der Waals surface area contributed by atoms with E-state index in [9.17, 15) is 14.7 Å². The third-order valence-electron chi connectivity index (χ3n) is 15.2. The first-order chi connectivity index (χ1) is 22.2. The summed E-state index contributed by atoms with van der Waals surface area (Å²) < 4.78 is 1.51. The molecule has 9 atom stereocenters. The van der Waals surface area contributed by atoms with Crippen molar-refractivity contribution in [3.05, 3.63) is 59.9 Å². The summed E-state index contributed by atoms with van der Waals surface area (Å²) in [6.45, 7) is 19.6. The average molecular weight is 640 g/mol. The van der Waals surface area contributed by atoms with E-state index < -0.39 is 5.97 Å². The molecule has 4 saturated carbocycles. The lowest BCUT2D eigenvalue weighted by Crippen LogP contribution is -2.68. The van der Waals surface area contributed by atoms with Crippen LogP contribution in [0.5, 0.6) is 0 Å². The molecule has 5 aliphatic rings. The number of aromatic nitrogens is 4. The van der Waals surface area contributed by atoms with Crippen molar-refractivity contribution in [2.45, 2.75) is 111 Å². The molecule has 2 aromatic rings. The maximum Gasteiger partial charge on any atom is 0.335 e. The lowest BCUT2D eigenvalue weighted by molar-refractivity contribution is -0.219. The summed E-state index contributed by atoms with van der Waals surface area (Å²) in [6.07, 6.45) is 14.2. The van der Waals surface area contributed by atoms with Crippen LogP contribution < -0.4 is 5.32 Å². The summed E-state index contributed by atoms with van der Waals surface area (Å²) in [5, 5.41) is 24.5. The van der Waals surface area contributed by atoms with Crippen LogP contribution in [0.2, 0.25) is 0 Å². The molecular weight excluding hydrogens is 586 g/mol. The number of hydrogen-bond acceptors (Lipinski definition) is 5. The standard InChI is InChI=1S/C39H53N5O3/c1-24(2)27-14-19-39(41-32(45)22-44-23-40-42-43-44)21-20-37(6)29(33(27)39)12-13-31-36(5)17-15-28(25-8-10-26(11-9-25)34(46)47)35(3,4)30(36)16-18-38(31,37)7/h8-11,15,23,27,29-31,33H,1,12-14,16-22H2,2-7H3,(H,41,45)(H,46,47)/t27-,29+,30?,31?,33?,36-,37+,38+,39-/m0/s1. The van der Waals surface area contributed by atoms with Crippen LogP contribution in [-0.2, 0) is 11.3 Å². The van der Waals surface area contributed by atoms with Crippen LogP contribution >= 0.6 is 0 Å². The number of benzene rings is 1. The molecule has 0 radical (unpaired) electrons. The van der Waals surface area contributed by atoms with E-state index in [1.165, 1.54) is 47.8 Å². The first kappa shape index (κ1) is 32.3. The van der Waals surface area contributed by atoms with E-state index in [-0.39, 0.29) is 39.7 Å². The number of carboxylic acid groups (broad SMARTS) is 1. The van der Waals surface area contributed by atoms with Gasteiger partial charge in [0.25, 0.3) is 0 Å². The molecule has 252 valence electrons. The van der Waals surface area contributed by atoms with Gasteiger partial charge >= 0.3 is 5.97 Å². The summed E-state index contributed by atoms with van der Waals surface area (Å²) in [4.78, 5) is 25.0. The van der Waals surface area contributed by atoms with Crippen LogP contribution in [0.1, 0.15) is 115 Å². The van der Waals surface area contributed by atoms with Crippen molar-refractivity contribution in [3.8, 4) is 0 Å². The van der Waals surface area contributed by atoms with Gasteiger partial charge < -0.3 is 10.4 Å². The number of nitrogens with one attached hydrogen (secondary N) is 1. The van der Waals surface area contributed by atoms with Crippen molar-refractivity contribution in [2.24, 2.45) is 51.2 Å². The maximum atomic E-state index is 13.5. The van der Waals surface area contributed by atoms with Crippen LogP contribution in [0.15, 0.2) is 48.8 Å². The number of allylic oxidation sites excluding steroid dienone is 3. The van der Waals surface area contributed by atoms with Crippen LogP contribution in [0.4, 0.5) is 0 Å². The predicted molar refractivity (Wildman–Crippen MR) is 182 cm³/mol. The van der Waals surface area contributed by atoms with Gasteiger partial charge in [0.05, 0.1) is 5.56 Å². The number of amides is 1. The molecule has 47 heavy (non-hydrogen) atoms. The number of carboxylic acids is 1. The third-order valence-corrected chi connectivity index (χ3v) is 15.2. The summed E-state index contributed by atoms with van der Waals surface area (Å²) in [5.74, 6) is 1.64. The SMILES string of the molecule is C=C(C)[C@@H]1CC[C@]2(NC(=O)Cn3cnnn3)CC[C@]3(C)[C@H](CCC4[C@@]5(C)CC=C(c6ccc(C(=O)O)cc6)C(C)(C)C5CC[C@]43C)C12. The van der Waals surface area contributed by atoms with Gasteiger partial charge in [-0.05, 0) is 150 Å². The second-order valence-electron chi connectivity index (χ2n) is 17.3. The second-order valence-corrected chi connectivity index (χ2v) is 17.3. The molecule has 2 N–H and O–H groups in total. The molecule has 1 heterocycles. The van der Waals surface area contributed by atoms with Gasteiger partial charge in [0, 0.05) is 5.54 Å². The van der Waals surface area contributed by atoms with Crippen molar-refractivity contribution < 1.29 is 14.7 Å². The number of hydrogen-bond donors (Lipinski definition) is 2. The molecule has 1 aromatic heterocycles. The maximum absolute atomic E-state index is 13.5. The Morgan fingerprint density at radius 3 is 2.36 bits per heavy atom. The molecular formula is C39H53N5O3. The average Bonchev–Trinajstić information content (AvgIpc) is 3.65. The molecule has 1 amide bonds. The number of tetrazole rings is 1. The Kier molecular flexibility index (Phi) is 7.46. The fraction of sp³-hybridized carbons (Fsp3) is 0.667. The highest BCUT2D eigenvalue weighted by Crippen LogP contribution is 2.76. The van der Waals surface area contributed by atoms with Gasteiger partial charge in [-0.2, -0.15) is 0 Å². The highest BCUT2D eigenvalue weighted by atomic mass is 16.4. The number of nitrogens with zero attached hydrogens (tertiary/aromatic N) is 4. The second kappa shape index (κ2) is 10.9. The molecule has 5 aliphatic carbocycles. The first-order valence-electron chi connectivity index (χ1n) is 17.9. The van der Waals surface area contributed by atoms with E-state index in [1.54, 1.807) is 12.1 Å². The predicted octanol–water partition coefficient (Wildman–Crippen LogP) is 7.59. The monoisotopic (exact) mass is 639 g/mol. The lowest BCUT2D eigenvalue weighted by atomic mass is 9.33. The molecule has 1 aromatic carbocycles. The van der Waals surface area contributed by atoms with Gasteiger partial charge in [-0.3, -0.25) is 4.79 Å². The number of aromatic carboxylic acids is 1. The van der Waals surface area contributed by atoms with E-state index in [0.717, 1.165) is 37.7 Å². The van der Waals surface area contributed by atoms with Crippen molar-refractivity contribution in [2.75, 3.05) is 0 Å². The zero-order valence-electron chi connectivity index (χ0n) is 29.2. The Morgan fingerprint density at radius 1 is 0.957 bits per heavy atom. The zero-order valence-corrected chi connectivity index (χ0v) is 29.2. The van der Waals surface area contributed by atoms with Crippen molar-refractivity contribution in [1.82, 2.24) is 25.5 Å². The van der Waals surface area contributed by atoms with Crippen LogP contribution in [0, 0.1) is 51.2 Å². The Bertz CT molecular complexity index is 1610. The van der Waals surface area contributed by atoms with Gasteiger partial charge in [0.2, 0.25) is 5.91 Å². The van der Waals surface area contributed by atoms with Crippen LogP contribution in [0.3, 0.4) is 0 Å². The van der Waals surface area contributed by atoms with Crippen LogP contribution in [0.25, 0.3) is 5.57 Å². The number of rotatable bonds is 6. The van der Waals surface area contributed by atoms with Gasteiger partial charge in [-0.25, -0.2) is 9.48 Å². The molecule has 8 nitrogen and oxygen atoms in total. The van der Waals surface area contributed by atoms with Crippen molar-refractivity contribution >= 4 is 17.4 Å². The van der Waals surface area contributed by atoms with E-state index in [4.69, 9.17) is 0 Å². The summed E-state index contributed by atoms with van der Waals surface area (Å²) in [5.41, 5.74) is 4.48. The smallest absolute Gasteiger partial charge is 0.335 e. The summed E-state index contributed by atoms with van der Waals surface area (Å²) in [6, 6.07) is 7.52.